The van der Waals surface area contributed by atoms with Crippen LogP contribution in [0, 0.1) is 34.5 Å². The molecule has 0 spiro atoms. The van der Waals surface area contributed by atoms with Gasteiger partial charge in [0.15, 0.2) is 0 Å². The number of rotatable bonds is 2. The molecule has 7 atom stereocenters. The first-order chi connectivity index (χ1) is 11.6. The summed E-state index contributed by atoms with van der Waals surface area (Å²) >= 11 is 0. The van der Waals surface area contributed by atoms with E-state index in [9.17, 15) is 13.2 Å². The van der Waals surface area contributed by atoms with Gasteiger partial charge >= 0.3 is 10.4 Å². The zero-order valence-electron chi connectivity index (χ0n) is 15.2. The topological polar surface area (TPSA) is 80.7 Å². The Balaban J connectivity index is 1.54. The van der Waals surface area contributed by atoms with Crippen LogP contribution in [0.2, 0.25) is 0 Å². The van der Waals surface area contributed by atoms with Crippen LogP contribution in [0.15, 0.2) is 0 Å². The van der Waals surface area contributed by atoms with Crippen LogP contribution in [0.3, 0.4) is 0 Å². The van der Waals surface area contributed by atoms with Crippen LogP contribution in [0.5, 0.6) is 0 Å². The summed E-state index contributed by atoms with van der Waals surface area (Å²) in [6, 6.07) is 0. The van der Waals surface area contributed by atoms with Crippen molar-refractivity contribution in [2.45, 2.75) is 77.7 Å². The number of ketones is 1. The Hall–Kier alpha value is -0.460. The number of Topliss-reactive ketones (excluding diaryl/α,β-unsaturated/α-hetero) is 1. The van der Waals surface area contributed by atoms with Crippen LogP contribution in [-0.4, -0.2) is 24.9 Å². The van der Waals surface area contributed by atoms with Gasteiger partial charge in [-0.15, -0.1) is 0 Å². The largest absolute Gasteiger partial charge is 0.397 e. The van der Waals surface area contributed by atoms with Crippen molar-refractivity contribution < 1.29 is 21.9 Å². The van der Waals surface area contributed by atoms with E-state index < -0.39 is 10.4 Å². The lowest BCUT2D eigenvalue weighted by Crippen LogP contribution is -2.54. The Bertz CT molecular complexity index is 673. The van der Waals surface area contributed by atoms with Crippen LogP contribution >= 0.6 is 0 Å². The zero-order chi connectivity index (χ0) is 18.0. The van der Waals surface area contributed by atoms with Crippen molar-refractivity contribution in [2.75, 3.05) is 0 Å². The van der Waals surface area contributed by atoms with Crippen molar-refractivity contribution in [3.8, 4) is 0 Å². The van der Waals surface area contributed by atoms with E-state index in [0.29, 0.717) is 35.9 Å². The normalized spacial score (nSPS) is 50.0. The van der Waals surface area contributed by atoms with Crippen LogP contribution in [-0.2, 0) is 19.4 Å². The predicted molar refractivity (Wildman–Crippen MR) is 93.2 cm³/mol. The van der Waals surface area contributed by atoms with Gasteiger partial charge in [-0.2, -0.15) is 8.42 Å². The van der Waals surface area contributed by atoms with Crippen molar-refractivity contribution >= 4 is 16.2 Å². The third-order valence-corrected chi connectivity index (χ3v) is 9.10. The number of hydrogen-bond acceptors (Lipinski definition) is 4. The first kappa shape index (κ1) is 17.9. The third kappa shape index (κ3) is 2.79. The van der Waals surface area contributed by atoms with Crippen molar-refractivity contribution in [3.05, 3.63) is 0 Å². The van der Waals surface area contributed by atoms with Gasteiger partial charge in [-0.25, -0.2) is 4.18 Å². The molecule has 4 rings (SSSR count). The lowest BCUT2D eigenvalue weighted by atomic mass is 9.45. The first-order valence-electron chi connectivity index (χ1n) is 9.82. The molecule has 0 amide bonds. The number of carbonyl (C=O) groups is 1. The number of fused-ring (bicyclic) bond motifs is 5. The number of hydrogen-bond donors (Lipinski definition) is 1. The maximum absolute atomic E-state index is 12.4. The van der Waals surface area contributed by atoms with E-state index in [2.05, 4.69) is 13.8 Å². The molecule has 5 nitrogen and oxygen atoms in total. The summed E-state index contributed by atoms with van der Waals surface area (Å²) < 4.78 is 36.0. The molecule has 25 heavy (non-hydrogen) atoms. The van der Waals surface area contributed by atoms with E-state index >= 15 is 0 Å². The molecular formula is C19H30O5S. The Kier molecular flexibility index (Phi) is 4.14. The van der Waals surface area contributed by atoms with Gasteiger partial charge in [-0.05, 0) is 80.5 Å². The molecule has 4 aliphatic rings. The highest BCUT2D eigenvalue weighted by atomic mass is 32.3. The van der Waals surface area contributed by atoms with Crippen molar-refractivity contribution in [1.82, 2.24) is 0 Å². The van der Waals surface area contributed by atoms with E-state index in [-0.39, 0.29) is 16.9 Å². The quantitative estimate of drug-likeness (QED) is 0.748. The Morgan fingerprint density at radius 1 is 1.04 bits per heavy atom. The highest BCUT2D eigenvalue weighted by Gasteiger charge is 2.60. The van der Waals surface area contributed by atoms with Crippen LogP contribution in [0.1, 0.15) is 71.6 Å². The first-order valence-corrected chi connectivity index (χ1v) is 11.2. The molecule has 0 radical (unpaired) electrons. The molecule has 0 aliphatic heterocycles. The summed E-state index contributed by atoms with van der Waals surface area (Å²) in [5.41, 5.74) is 0.130. The van der Waals surface area contributed by atoms with Crippen LogP contribution in [0.4, 0.5) is 0 Å². The molecule has 0 aromatic rings. The minimum atomic E-state index is -4.37. The van der Waals surface area contributed by atoms with Gasteiger partial charge in [-0.3, -0.25) is 9.35 Å². The highest BCUT2D eigenvalue weighted by molar-refractivity contribution is 7.80. The smallest absolute Gasteiger partial charge is 0.299 e. The molecule has 4 fully saturated rings. The molecule has 0 aromatic heterocycles. The van der Waals surface area contributed by atoms with Gasteiger partial charge in [0.25, 0.3) is 0 Å². The molecule has 4 aliphatic carbocycles. The molecule has 4 unspecified atom stereocenters. The van der Waals surface area contributed by atoms with Crippen molar-refractivity contribution in [1.29, 1.82) is 0 Å². The van der Waals surface area contributed by atoms with Gasteiger partial charge in [0, 0.05) is 11.8 Å². The second-order valence-corrected chi connectivity index (χ2v) is 10.5. The zero-order valence-corrected chi connectivity index (χ0v) is 16.1. The minimum Gasteiger partial charge on any atom is -0.299 e. The minimum absolute atomic E-state index is 0.0877. The molecule has 0 bridgehead atoms. The highest BCUT2D eigenvalue weighted by Crippen LogP contribution is 2.65. The van der Waals surface area contributed by atoms with Gasteiger partial charge in [0.2, 0.25) is 0 Å². The average Bonchev–Trinajstić information content (AvgIpc) is 2.82. The Labute approximate surface area is 150 Å². The van der Waals surface area contributed by atoms with Gasteiger partial charge in [0.1, 0.15) is 5.78 Å². The molecule has 0 aromatic carbocycles. The molecular weight excluding hydrogens is 340 g/mol. The molecule has 4 saturated carbocycles. The summed E-state index contributed by atoms with van der Waals surface area (Å²) in [7, 11) is -4.37. The molecule has 0 saturated heterocycles. The maximum Gasteiger partial charge on any atom is 0.397 e. The Morgan fingerprint density at radius 3 is 2.52 bits per heavy atom. The lowest BCUT2D eigenvalue weighted by Gasteiger charge is -2.60. The summed E-state index contributed by atoms with van der Waals surface area (Å²) in [6.45, 7) is 4.59. The molecule has 1 N–H and O–H groups in total. The van der Waals surface area contributed by atoms with Crippen molar-refractivity contribution in [3.63, 3.8) is 0 Å². The second kappa shape index (κ2) is 5.77. The van der Waals surface area contributed by atoms with Crippen LogP contribution < -0.4 is 0 Å². The fraction of sp³-hybridized carbons (Fsp3) is 0.947. The van der Waals surface area contributed by atoms with Gasteiger partial charge in [-0.1, -0.05) is 13.8 Å². The standard InChI is InChI=1S/C19H30O5S/c1-18-9-7-13(24-25(21,22)23)11-12(18)3-4-14-15-5-6-17(20)19(15,2)10-8-16(14)18/h12-16H,3-11H2,1-2H3,(H,21,22,23)/t12?,13-,14?,15?,16?,18+,19+/m1/s1. The third-order valence-electron chi connectivity index (χ3n) is 8.58. The number of carbonyl (C=O) groups excluding carboxylic acids is 1. The molecule has 142 valence electrons. The van der Waals surface area contributed by atoms with E-state index in [1.165, 1.54) is 0 Å². The molecule has 0 heterocycles. The fourth-order valence-electron chi connectivity index (χ4n) is 7.25. The van der Waals surface area contributed by atoms with E-state index in [0.717, 1.165) is 51.4 Å². The van der Waals surface area contributed by atoms with E-state index in [4.69, 9.17) is 8.74 Å². The SMILES string of the molecule is C[C@]12CC[C@@H](OS(=O)(=O)O)CC1CCC1C2CC[C@]2(C)C(=O)CCC12. The summed E-state index contributed by atoms with van der Waals surface area (Å²) in [5, 5.41) is 0. The summed E-state index contributed by atoms with van der Waals surface area (Å²) in [4.78, 5) is 12.4. The average molecular weight is 371 g/mol. The summed E-state index contributed by atoms with van der Waals surface area (Å²) in [6.07, 6.45) is 8.19. The maximum atomic E-state index is 12.4. The monoisotopic (exact) mass is 370 g/mol. The van der Waals surface area contributed by atoms with Crippen molar-refractivity contribution in [2.24, 2.45) is 34.5 Å². The summed E-state index contributed by atoms with van der Waals surface area (Å²) in [5.74, 6) is 2.76. The lowest BCUT2D eigenvalue weighted by molar-refractivity contribution is -0.141. The molecule has 6 heteroatoms. The van der Waals surface area contributed by atoms with Crippen LogP contribution in [0.25, 0.3) is 0 Å². The predicted octanol–water partition coefficient (Wildman–Crippen LogP) is 3.79. The van der Waals surface area contributed by atoms with E-state index in [1.54, 1.807) is 0 Å². The second-order valence-electron chi connectivity index (χ2n) is 9.50. The fourth-order valence-corrected chi connectivity index (χ4v) is 7.77. The van der Waals surface area contributed by atoms with Gasteiger partial charge < -0.3 is 0 Å². The van der Waals surface area contributed by atoms with Gasteiger partial charge in [0.05, 0.1) is 6.10 Å². The Morgan fingerprint density at radius 2 is 1.80 bits per heavy atom. The van der Waals surface area contributed by atoms with E-state index in [1.807, 2.05) is 0 Å².